The van der Waals surface area contributed by atoms with Gasteiger partial charge in [0.15, 0.2) is 0 Å². The molecule has 2 saturated heterocycles. The number of carboxylic acids is 1. The second kappa shape index (κ2) is 7.62. The van der Waals surface area contributed by atoms with E-state index in [4.69, 9.17) is 9.84 Å². The van der Waals surface area contributed by atoms with E-state index < -0.39 is 5.97 Å². The highest BCUT2D eigenvalue weighted by Gasteiger charge is 2.24. The van der Waals surface area contributed by atoms with Crippen LogP contribution in [0.3, 0.4) is 0 Å². The molecule has 0 aliphatic carbocycles. The largest absolute Gasteiger partial charge is 0.481 e. The van der Waals surface area contributed by atoms with E-state index in [1.165, 1.54) is 0 Å². The Morgan fingerprint density at radius 1 is 1.00 bits per heavy atom. The van der Waals surface area contributed by atoms with Crippen molar-refractivity contribution in [3.63, 3.8) is 0 Å². The predicted octanol–water partition coefficient (Wildman–Crippen LogP) is 1.91. The Labute approximate surface area is 120 Å². The first-order valence-corrected chi connectivity index (χ1v) is 7.72. The Morgan fingerprint density at radius 3 is 2.40 bits per heavy atom. The number of rotatable bonds is 4. The summed E-state index contributed by atoms with van der Waals surface area (Å²) in [6.07, 6.45) is 5.52. The van der Waals surface area contributed by atoms with Crippen molar-refractivity contribution < 1.29 is 19.4 Å². The fourth-order valence-corrected chi connectivity index (χ4v) is 3.19. The van der Waals surface area contributed by atoms with E-state index in [1.807, 2.05) is 4.90 Å². The van der Waals surface area contributed by atoms with Crippen LogP contribution in [0.2, 0.25) is 0 Å². The molecule has 0 aromatic carbocycles. The van der Waals surface area contributed by atoms with Gasteiger partial charge in [-0.1, -0.05) is 0 Å². The minimum atomic E-state index is -0.725. The average molecular weight is 283 g/mol. The van der Waals surface area contributed by atoms with E-state index in [1.54, 1.807) is 0 Å². The zero-order valence-electron chi connectivity index (χ0n) is 12.1. The smallest absolute Gasteiger partial charge is 0.303 e. The molecule has 2 aliphatic rings. The SMILES string of the molecule is O=C(O)CC1CCCN(C(=O)CC2CCOCC2)CC1. The molecule has 2 fully saturated rings. The van der Waals surface area contributed by atoms with Crippen molar-refractivity contribution in [1.29, 1.82) is 0 Å². The van der Waals surface area contributed by atoms with Crippen LogP contribution >= 0.6 is 0 Å². The second-order valence-corrected chi connectivity index (χ2v) is 6.04. The zero-order valence-corrected chi connectivity index (χ0v) is 12.1. The maximum Gasteiger partial charge on any atom is 0.303 e. The number of hydrogen-bond acceptors (Lipinski definition) is 3. The Balaban J connectivity index is 1.77. The Hall–Kier alpha value is -1.10. The molecule has 1 N–H and O–H groups in total. The van der Waals surface area contributed by atoms with Gasteiger partial charge in [0.2, 0.25) is 5.91 Å². The molecule has 0 aromatic rings. The summed E-state index contributed by atoms with van der Waals surface area (Å²) in [5, 5.41) is 8.86. The summed E-state index contributed by atoms with van der Waals surface area (Å²) in [6, 6.07) is 0. The van der Waals surface area contributed by atoms with Crippen molar-refractivity contribution in [3.05, 3.63) is 0 Å². The van der Waals surface area contributed by atoms with Crippen molar-refractivity contribution >= 4 is 11.9 Å². The Morgan fingerprint density at radius 2 is 1.70 bits per heavy atom. The van der Waals surface area contributed by atoms with E-state index in [0.29, 0.717) is 12.3 Å². The van der Waals surface area contributed by atoms with Crippen LogP contribution in [0.1, 0.15) is 44.9 Å². The van der Waals surface area contributed by atoms with Crippen LogP contribution < -0.4 is 0 Å². The highest BCUT2D eigenvalue weighted by Crippen LogP contribution is 2.23. The fraction of sp³-hybridized carbons (Fsp3) is 0.867. The molecule has 5 nitrogen and oxygen atoms in total. The molecule has 20 heavy (non-hydrogen) atoms. The monoisotopic (exact) mass is 283 g/mol. The number of amides is 1. The van der Waals surface area contributed by atoms with Crippen LogP contribution in [0.4, 0.5) is 0 Å². The Kier molecular flexibility index (Phi) is 5.83. The summed E-state index contributed by atoms with van der Waals surface area (Å²) in [7, 11) is 0. The van der Waals surface area contributed by atoms with Crippen molar-refractivity contribution in [3.8, 4) is 0 Å². The maximum atomic E-state index is 12.3. The van der Waals surface area contributed by atoms with Crippen molar-refractivity contribution in [2.45, 2.75) is 44.9 Å². The van der Waals surface area contributed by atoms with Crippen molar-refractivity contribution in [1.82, 2.24) is 4.90 Å². The molecule has 0 bridgehead atoms. The van der Waals surface area contributed by atoms with E-state index in [9.17, 15) is 9.59 Å². The molecule has 1 atom stereocenters. The Bertz CT molecular complexity index is 339. The third kappa shape index (κ3) is 4.78. The van der Waals surface area contributed by atoms with Gasteiger partial charge in [-0.05, 0) is 43.9 Å². The molecule has 2 aliphatic heterocycles. The number of carbonyl (C=O) groups is 2. The normalized spacial score (nSPS) is 25.2. The number of carboxylic acid groups (broad SMARTS) is 1. The summed E-state index contributed by atoms with van der Waals surface area (Å²) in [5.74, 6) is 0.215. The molecule has 0 radical (unpaired) electrons. The molecule has 0 spiro atoms. The van der Waals surface area contributed by atoms with Crippen molar-refractivity contribution in [2.75, 3.05) is 26.3 Å². The van der Waals surface area contributed by atoms with E-state index in [-0.39, 0.29) is 18.2 Å². The average Bonchev–Trinajstić information content (AvgIpc) is 2.65. The minimum absolute atomic E-state index is 0.230. The predicted molar refractivity (Wildman–Crippen MR) is 74.3 cm³/mol. The van der Waals surface area contributed by atoms with Crippen molar-refractivity contribution in [2.24, 2.45) is 11.8 Å². The molecule has 2 rings (SSSR count). The lowest BCUT2D eigenvalue weighted by atomic mass is 9.96. The van der Waals surface area contributed by atoms with Crippen LogP contribution in [0.5, 0.6) is 0 Å². The molecule has 0 aromatic heterocycles. The quantitative estimate of drug-likeness (QED) is 0.856. The topological polar surface area (TPSA) is 66.8 Å². The number of hydrogen-bond donors (Lipinski definition) is 1. The maximum absolute atomic E-state index is 12.3. The third-order valence-electron chi connectivity index (χ3n) is 4.47. The standard InChI is InChI=1S/C15H25NO4/c17-14(10-13-4-8-20-9-5-13)16-6-1-2-12(3-7-16)11-15(18)19/h12-13H,1-11H2,(H,18,19). The highest BCUT2D eigenvalue weighted by molar-refractivity contribution is 5.76. The van der Waals surface area contributed by atoms with E-state index >= 15 is 0 Å². The number of likely N-dealkylation sites (tertiary alicyclic amines) is 1. The highest BCUT2D eigenvalue weighted by atomic mass is 16.5. The third-order valence-corrected chi connectivity index (χ3v) is 4.47. The van der Waals surface area contributed by atoms with Gasteiger partial charge in [0, 0.05) is 39.1 Å². The van der Waals surface area contributed by atoms with Crippen LogP contribution in [-0.2, 0) is 14.3 Å². The van der Waals surface area contributed by atoms with E-state index in [0.717, 1.165) is 58.4 Å². The van der Waals surface area contributed by atoms with Crippen LogP contribution in [0.15, 0.2) is 0 Å². The number of ether oxygens (including phenoxy) is 1. The molecular weight excluding hydrogens is 258 g/mol. The summed E-state index contributed by atoms with van der Waals surface area (Å²) in [4.78, 5) is 25.0. The van der Waals surface area contributed by atoms with Gasteiger partial charge in [-0.25, -0.2) is 0 Å². The van der Waals surface area contributed by atoms with Gasteiger partial charge in [-0.2, -0.15) is 0 Å². The lowest BCUT2D eigenvalue weighted by molar-refractivity contribution is -0.138. The minimum Gasteiger partial charge on any atom is -0.481 e. The van der Waals surface area contributed by atoms with Gasteiger partial charge < -0.3 is 14.7 Å². The number of carbonyl (C=O) groups excluding carboxylic acids is 1. The number of nitrogens with zero attached hydrogens (tertiary/aromatic N) is 1. The lowest BCUT2D eigenvalue weighted by Crippen LogP contribution is -2.34. The summed E-state index contributed by atoms with van der Waals surface area (Å²) in [6.45, 7) is 3.06. The van der Waals surface area contributed by atoms with Gasteiger partial charge in [-0.3, -0.25) is 9.59 Å². The molecular formula is C15H25NO4. The van der Waals surface area contributed by atoms with Gasteiger partial charge in [0.05, 0.1) is 0 Å². The van der Waals surface area contributed by atoms with Crippen LogP contribution in [-0.4, -0.2) is 48.2 Å². The first-order valence-electron chi connectivity index (χ1n) is 7.72. The molecule has 0 saturated carbocycles. The second-order valence-electron chi connectivity index (χ2n) is 6.04. The molecule has 1 unspecified atom stereocenters. The summed E-state index contributed by atoms with van der Waals surface area (Å²) >= 11 is 0. The lowest BCUT2D eigenvalue weighted by Gasteiger charge is -2.26. The van der Waals surface area contributed by atoms with Gasteiger partial charge in [0.1, 0.15) is 0 Å². The fourth-order valence-electron chi connectivity index (χ4n) is 3.19. The molecule has 5 heteroatoms. The first-order chi connectivity index (χ1) is 9.65. The molecule has 1 amide bonds. The van der Waals surface area contributed by atoms with Gasteiger partial charge in [0.25, 0.3) is 0 Å². The van der Waals surface area contributed by atoms with Crippen LogP contribution in [0, 0.1) is 11.8 Å². The van der Waals surface area contributed by atoms with Crippen LogP contribution in [0.25, 0.3) is 0 Å². The van der Waals surface area contributed by atoms with E-state index in [2.05, 4.69) is 0 Å². The summed E-state index contributed by atoms with van der Waals surface area (Å²) < 4.78 is 5.32. The first kappa shape index (κ1) is 15.3. The zero-order chi connectivity index (χ0) is 14.4. The van der Waals surface area contributed by atoms with Gasteiger partial charge in [-0.15, -0.1) is 0 Å². The molecule has 114 valence electrons. The van der Waals surface area contributed by atoms with Gasteiger partial charge >= 0.3 is 5.97 Å². The molecule has 2 heterocycles. The number of aliphatic carboxylic acids is 1. The summed E-state index contributed by atoms with van der Waals surface area (Å²) in [5.41, 5.74) is 0.